The molecule has 3 heterocycles. The van der Waals surface area contributed by atoms with E-state index in [0.717, 1.165) is 24.3 Å². The number of anilines is 3. The molecule has 0 saturated heterocycles. The van der Waals surface area contributed by atoms with Gasteiger partial charge in [-0.2, -0.15) is 28.2 Å². The fourth-order valence-corrected chi connectivity index (χ4v) is 4.49. The number of imidazole rings is 1. The predicted molar refractivity (Wildman–Crippen MR) is 154 cm³/mol. The number of rotatable bonds is 10. The van der Waals surface area contributed by atoms with Gasteiger partial charge < -0.3 is 25.7 Å². The summed E-state index contributed by atoms with van der Waals surface area (Å²) in [7, 11) is 0. The minimum Gasteiger partial charge on any atom is -0.471 e. The van der Waals surface area contributed by atoms with Crippen LogP contribution >= 0.6 is 23.2 Å². The van der Waals surface area contributed by atoms with E-state index in [1.165, 1.54) is 24.4 Å². The maximum atomic E-state index is 13.1. The maximum absolute atomic E-state index is 13.1. The number of carbonyl (C=O) groups excluding carboxylic acids is 2. The van der Waals surface area contributed by atoms with Gasteiger partial charge in [0.25, 0.3) is 18.2 Å². The molecule has 5 rings (SSSR count). The molecule has 2 amide bonds. The van der Waals surface area contributed by atoms with E-state index in [-0.39, 0.29) is 56.3 Å². The Morgan fingerprint density at radius 2 is 1.76 bits per heavy atom. The smallest absolute Gasteiger partial charge is 0.416 e. The van der Waals surface area contributed by atoms with Crippen molar-refractivity contribution in [2.24, 2.45) is 0 Å². The van der Waals surface area contributed by atoms with Crippen LogP contribution in [-0.2, 0) is 12.7 Å². The van der Waals surface area contributed by atoms with E-state index in [9.17, 15) is 31.5 Å². The molecule has 0 aliphatic rings. The normalized spacial score (nSPS) is 11.6. The Bertz CT molecular complexity index is 1850. The van der Waals surface area contributed by atoms with Gasteiger partial charge in [0.15, 0.2) is 12.3 Å². The summed E-state index contributed by atoms with van der Waals surface area (Å²) in [6.45, 7) is -1.06. The summed E-state index contributed by atoms with van der Waals surface area (Å²) in [5.41, 5.74) is -0.147. The predicted octanol–water partition coefficient (Wildman–Crippen LogP) is 6.58. The van der Waals surface area contributed by atoms with Crippen LogP contribution in [0, 0.1) is 0 Å². The number of hydrogen-bond donors (Lipinski definition) is 5. The minimum absolute atomic E-state index is 0.00444. The van der Waals surface area contributed by atoms with E-state index in [1.54, 1.807) is 6.07 Å². The van der Waals surface area contributed by atoms with Gasteiger partial charge in [-0.05, 0) is 48.0 Å². The molecule has 2 aromatic carbocycles. The second-order valence-electron chi connectivity index (χ2n) is 9.20. The number of carbonyl (C=O) groups is 2. The van der Waals surface area contributed by atoms with E-state index >= 15 is 0 Å². The molecular weight excluding hydrogens is 650 g/mol. The van der Waals surface area contributed by atoms with Crippen molar-refractivity contribution >= 4 is 63.5 Å². The maximum Gasteiger partial charge on any atom is 0.416 e. The van der Waals surface area contributed by atoms with Crippen molar-refractivity contribution in [3.05, 3.63) is 87.2 Å². The van der Waals surface area contributed by atoms with Crippen LogP contribution in [0.2, 0.25) is 10.0 Å². The molecule has 18 heteroatoms. The van der Waals surface area contributed by atoms with Gasteiger partial charge in [0.2, 0.25) is 11.8 Å². The molecule has 0 aliphatic heterocycles. The molecule has 5 aromatic rings. The molecule has 0 bridgehead atoms. The molecule has 0 saturated carbocycles. The third-order valence-corrected chi connectivity index (χ3v) is 6.84. The second-order valence-corrected chi connectivity index (χ2v) is 9.99. The lowest BCUT2D eigenvalue weighted by atomic mass is 10.2. The summed E-state index contributed by atoms with van der Waals surface area (Å²) in [5, 5.41) is 14.6. The monoisotopic (exact) mass is 668 g/mol. The first-order valence-electron chi connectivity index (χ1n) is 12.7. The average molecular weight is 669 g/mol. The van der Waals surface area contributed by atoms with E-state index < -0.39 is 42.5 Å². The third-order valence-electron chi connectivity index (χ3n) is 6.10. The quantitative estimate of drug-likeness (QED) is 0.106. The van der Waals surface area contributed by atoms with Crippen molar-refractivity contribution in [3.63, 3.8) is 0 Å². The Labute approximate surface area is 259 Å². The van der Waals surface area contributed by atoms with E-state index in [1.807, 2.05) is 0 Å². The number of fused-ring (bicyclic) bond motifs is 1. The van der Waals surface area contributed by atoms with Crippen LogP contribution in [0.4, 0.5) is 39.3 Å². The van der Waals surface area contributed by atoms with Crippen LogP contribution in [0.5, 0.6) is 5.88 Å². The number of aromatic nitrogens is 5. The van der Waals surface area contributed by atoms with Gasteiger partial charge in [-0.1, -0.05) is 29.3 Å². The molecule has 234 valence electrons. The van der Waals surface area contributed by atoms with Crippen molar-refractivity contribution in [2.75, 3.05) is 17.2 Å². The number of hydrogen-bond acceptors (Lipinski definition) is 7. The summed E-state index contributed by atoms with van der Waals surface area (Å²) >= 11 is 12.9. The summed E-state index contributed by atoms with van der Waals surface area (Å²) < 4.78 is 69.6. The zero-order valence-electron chi connectivity index (χ0n) is 22.4. The van der Waals surface area contributed by atoms with Crippen LogP contribution in [0.1, 0.15) is 32.0 Å². The third kappa shape index (κ3) is 7.41. The number of nitrogens with one attached hydrogen (secondary N) is 5. The van der Waals surface area contributed by atoms with Gasteiger partial charge in [-0.3, -0.25) is 14.7 Å². The summed E-state index contributed by atoms with van der Waals surface area (Å²) in [6, 6.07) is 9.49. The van der Waals surface area contributed by atoms with Crippen LogP contribution < -0.4 is 20.7 Å². The number of H-pyrrole nitrogens is 2. The van der Waals surface area contributed by atoms with Crippen molar-refractivity contribution in [1.29, 1.82) is 0 Å². The number of amides is 2. The fraction of sp³-hybridized carbons (Fsp3) is 0.148. The first kappa shape index (κ1) is 31.5. The Kier molecular flexibility index (Phi) is 9.06. The Morgan fingerprint density at radius 1 is 1.00 bits per heavy atom. The largest absolute Gasteiger partial charge is 0.471 e. The molecule has 5 N–H and O–H groups in total. The van der Waals surface area contributed by atoms with Crippen LogP contribution in [-0.4, -0.2) is 50.0 Å². The molecule has 0 spiro atoms. The first-order valence-corrected chi connectivity index (χ1v) is 13.5. The Balaban J connectivity index is 1.40. The van der Waals surface area contributed by atoms with E-state index in [2.05, 4.69) is 41.1 Å². The molecular formula is C27H19Cl2F5N8O3. The number of nitrogens with zero attached hydrogens (tertiary/aromatic N) is 3. The zero-order chi connectivity index (χ0) is 32.3. The molecule has 0 atom stereocenters. The molecule has 3 aromatic heterocycles. The van der Waals surface area contributed by atoms with Crippen molar-refractivity contribution in [3.8, 4) is 5.88 Å². The fourth-order valence-electron chi connectivity index (χ4n) is 3.96. The number of aromatic amines is 2. The highest BCUT2D eigenvalue weighted by molar-refractivity contribution is 6.39. The summed E-state index contributed by atoms with van der Waals surface area (Å²) in [4.78, 5) is 36.5. The van der Waals surface area contributed by atoms with Gasteiger partial charge in [-0.25, -0.2) is 8.78 Å². The number of benzene rings is 2. The lowest BCUT2D eigenvalue weighted by Crippen LogP contribution is -2.23. The zero-order valence-corrected chi connectivity index (χ0v) is 23.9. The van der Waals surface area contributed by atoms with E-state index in [4.69, 9.17) is 27.9 Å². The highest BCUT2D eigenvalue weighted by atomic mass is 35.5. The first-order chi connectivity index (χ1) is 21.4. The van der Waals surface area contributed by atoms with Gasteiger partial charge in [0.05, 0.1) is 26.8 Å². The summed E-state index contributed by atoms with van der Waals surface area (Å²) in [6.07, 6.45) is -6.05. The van der Waals surface area contributed by atoms with Gasteiger partial charge >= 0.3 is 6.18 Å². The van der Waals surface area contributed by atoms with Gasteiger partial charge in [0.1, 0.15) is 11.3 Å². The standard InChI is InChI=1S/C27H19Cl2F5N8O3/c28-16-6-1-12(10-35-24(44)17-7-8-36-42-17)20(29)21(16)39-26-38-18-9-15(25(40-22(18)41-26)45-11-19(30)31)23(43)37-14-4-2-13(3-5-14)27(32,33)34/h1-9,19H,10-11H2,(H,35,44)(H,36,42)(H,37,43)(H2,38,39,40,41). The SMILES string of the molecule is O=C(NCc1ccc(Cl)c(Nc2nc3nc(OCC(F)F)c(C(=O)Nc4ccc(C(F)(F)F)cc4)cc3[nH]2)c1Cl)c1ccn[nH]1. The van der Waals surface area contributed by atoms with Gasteiger partial charge in [-0.15, -0.1) is 0 Å². The average Bonchev–Trinajstić information content (AvgIpc) is 3.67. The topological polar surface area (TPSA) is 150 Å². The number of halogens is 7. The van der Waals surface area contributed by atoms with Gasteiger partial charge in [0, 0.05) is 18.4 Å². The van der Waals surface area contributed by atoms with Crippen molar-refractivity contribution < 1.29 is 36.3 Å². The van der Waals surface area contributed by atoms with Crippen LogP contribution in [0.25, 0.3) is 11.2 Å². The number of ether oxygens (including phenoxy) is 1. The molecule has 0 unspecified atom stereocenters. The Morgan fingerprint density at radius 3 is 2.42 bits per heavy atom. The molecule has 0 fully saturated rings. The van der Waals surface area contributed by atoms with E-state index in [0.29, 0.717) is 5.56 Å². The molecule has 45 heavy (non-hydrogen) atoms. The Hall–Kier alpha value is -4.96. The second kappa shape index (κ2) is 13.0. The lowest BCUT2D eigenvalue weighted by molar-refractivity contribution is -0.137. The number of alkyl halides is 5. The molecule has 0 aliphatic carbocycles. The van der Waals surface area contributed by atoms with Crippen LogP contribution in [0.15, 0.2) is 54.7 Å². The minimum atomic E-state index is -4.58. The van der Waals surface area contributed by atoms with Crippen molar-refractivity contribution in [1.82, 2.24) is 30.5 Å². The summed E-state index contributed by atoms with van der Waals surface area (Å²) in [5.74, 6) is -1.76. The molecule has 11 nitrogen and oxygen atoms in total. The van der Waals surface area contributed by atoms with Crippen molar-refractivity contribution in [2.45, 2.75) is 19.1 Å². The highest BCUT2D eigenvalue weighted by Crippen LogP contribution is 2.36. The number of pyridine rings is 1. The lowest BCUT2D eigenvalue weighted by Gasteiger charge is -2.13. The van der Waals surface area contributed by atoms with Crippen LogP contribution in [0.3, 0.4) is 0 Å². The molecule has 0 radical (unpaired) electrons. The highest BCUT2D eigenvalue weighted by Gasteiger charge is 2.30.